The van der Waals surface area contributed by atoms with Crippen LogP contribution in [-0.4, -0.2) is 42.8 Å². The van der Waals surface area contributed by atoms with Crippen molar-refractivity contribution in [2.45, 2.75) is 32.7 Å². The molecule has 27 heavy (non-hydrogen) atoms. The zero-order valence-corrected chi connectivity index (χ0v) is 17.1. The standard InChI is InChI=1S/C22H29ClN2O2/c1-15(2)19-13-21(26)16(3)11-22(19)27-14-20(25-9-7-24-8-10-25)17-5-4-6-18(23)12-17/h4-6,11-13,15,20,24,26H,7-10,14H2,1-3H3. The summed E-state index contributed by atoms with van der Waals surface area (Å²) in [5.74, 6) is 1.44. The second kappa shape index (κ2) is 8.96. The molecule has 2 aromatic carbocycles. The van der Waals surface area contributed by atoms with Gasteiger partial charge in [0, 0.05) is 36.8 Å². The molecule has 1 fully saturated rings. The van der Waals surface area contributed by atoms with E-state index in [-0.39, 0.29) is 12.0 Å². The van der Waals surface area contributed by atoms with Crippen molar-refractivity contribution < 1.29 is 9.84 Å². The maximum atomic E-state index is 10.1. The van der Waals surface area contributed by atoms with Crippen LogP contribution in [0.5, 0.6) is 11.5 Å². The number of ether oxygens (including phenoxy) is 1. The number of nitrogens with zero attached hydrogens (tertiary/aromatic N) is 1. The molecule has 1 unspecified atom stereocenters. The molecule has 2 N–H and O–H groups in total. The van der Waals surface area contributed by atoms with Gasteiger partial charge in [0.05, 0.1) is 6.04 Å². The number of piperazine rings is 1. The van der Waals surface area contributed by atoms with E-state index in [4.69, 9.17) is 16.3 Å². The van der Waals surface area contributed by atoms with Gasteiger partial charge in [0.1, 0.15) is 18.1 Å². The molecule has 5 heteroatoms. The average molecular weight is 389 g/mol. The largest absolute Gasteiger partial charge is 0.508 e. The van der Waals surface area contributed by atoms with E-state index >= 15 is 0 Å². The Morgan fingerprint density at radius 2 is 1.93 bits per heavy atom. The summed E-state index contributed by atoms with van der Waals surface area (Å²) in [6.45, 7) is 10.6. The van der Waals surface area contributed by atoms with Gasteiger partial charge in [-0.1, -0.05) is 37.6 Å². The Labute approximate surface area is 167 Å². The summed E-state index contributed by atoms with van der Waals surface area (Å²) in [6.07, 6.45) is 0. The van der Waals surface area contributed by atoms with Crippen molar-refractivity contribution in [2.75, 3.05) is 32.8 Å². The fourth-order valence-electron chi connectivity index (χ4n) is 3.55. The minimum absolute atomic E-state index is 0.139. The van der Waals surface area contributed by atoms with Crippen LogP contribution in [0.1, 0.15) is 42.5 Å². The molecule has 0 spiro atoms. The zero-order chi connectivity index (χ0) is 19.4. The Balaban J connectivity index is 1.86. The van der Waals surface area contributed by atoms with E-state index < -0.39 is 0 Å². The van der Waals surface area contributed by atoms with Crippen LogP contribution in [0.4, 0.5) is 0 Å². The van der Waals surface area contributed by atoms with Crippen LogP contribution in [0.2, 0.25) is 5.02 Å². The van der Waals surface area contributed by atoms with Gasteiger partial charge >= 0.3 is 0 Å². The van der Waals surface area contributed by atoms with Crippen molar-refractivity contribution >= 4 is 11.6 Å². The monoisotopic (exact) mass is 388 g/mol. The highest BCUT2D eigenvalue weighted by Gasteiger charge is 2.24. The molecular weight excluding hydrogens is 360 g/mol. The molecule has 1 heterocycles. The van der Waals surface area contributed by atoms with E-state index in [1.165, 1.54) is 5.56 Å². The Kier molecular flexibility index (Phi) is 6.64. The third-order valence-electron chi connectivity index (χ3n) is 5.17. The molecule has 0 aliphatic carbocycles. The average Bonchev–Trinajstić information content (AvgIpc) is 2.65. The van der Waals surface area contributed by atoms with Gasteiger partial charge in [-0.05, 0) is 48.2 Å². The second-order valence-corrected chi connectivity index (χ2v) is 7.94. The predicted molar refractivity (Wildman–Crippen MR) is 111 cm³/mol. The normalized spacial score (nSPS) is 16.5. The van der Waals surface area contributed by atoms with Gasteiger partial charge in [0.15, 0.2) is 0 Å². The quantitative estimate of drug-likeness (QED) is 0.764. The summed E-state index contributed by atoms with van der Waals surface area (Å²) >= 11 is 6.25. The summed E-state index contributed by atoms with van der Waals surface area (Å²) in [7, 11) is 0. The van der Waals surface area contributed by atoms with E-state index in [0.29, 0.717) is 12.4 Å². The second-order valence-electron chi connectivity index (χ2n) is 7.50. The van der Waals surface area contributed by atoms with E-state index in [9.17, 15) is 5.11 Å². The summed E-state index contributed by atoms with van der Waals surface area (Å²) in [5, 5.41) is 14.2. The predicted octanol–water partition coefficient (Wildman–Crippen LogP) is 4.50. The number of benzene rings is 2. The number of hydrogen-bond donors (Lipinski definition) is 2. The molecule has 1 atom stereocenters. The Bertz CT molecular complexity index is 773. The van der Waals surface area contributed by atoms with Crippen molar-refractivity contribution in [1.29, 1.82) is 0 Å². The molecule has 1 aliphatic heterocycles. The fourth-order valence-corrected chi connectivity index (χ4v) is 3.75. The minimum atomic E-state index is 0.139. The molecular formula is C22H29ClN2O2. The molecule has 0 radical (unpaired) electrons. The van der Waals surface area contributed by atoms with Crippen molar-refractivity contribution in [1.82, 2.24) is 10.2 Å². The maximum absolute atomic E-state index is 10.1. The first-order valence-electron chi connectivity index (χ1n) is 9.62. The molecule has 1 aliphatic rings. The lowest BCUT2D eigenvalue weighted by Crippen LogP contribution is -2.46. The van der Waals surface area contributed by atoms with Gasteiger partial charge < -0.3 is 15.2 Å². The van der Waals surface area contributed by atoms with Crippen molar-refractivity contribution in [3.8, 4) is 11.5 Å². The van der Waals surface area contributed by atoms with Crippen LogP contribution in [0, 0.1) is 6.92 Å². The summed E-state index contributed by atoms with van der Waals surface area (Å²) in [4.78, 5) is 2.45. The van der Waals surface area contributed by atoms with E-state index in [1.807, 2.05) is 37.3 Å². The van der Waals surface area contributed by atoms with Crippen molar-refractivity contribution in [2.24, 2.45) is 0 Å². The van der Waals surface area contributed by atoms with E-state index in [0.717, 1.165) is 48.1 Å². The van der Waals surface area contributed by atoms with Crippen LogP contribution in [0.15, 0.2) is 36.4 Å². The van der Waals surface area contributed by atoms with Crippen LogP contribution in [-0.2, 0) is 0 Å². The van der Waals surface area contributed by atoms with Crippen LogP contribution < -0.4 is 10.1 Å². The number of aryl methyl sites for hydroxylation is 1. The lowest BCUT2D eigenvalue weighted by molar-refractivity contribution is 0.120. The molecule has 4 nitrogen and oxygen atoms in total. The number of halogens is 1. The third-order valence-corrected chi connectivity index (χ3v) is 5.41. The highest BCUT2D eigenvalue weighted by atomic mass is 35.5. The molecule has 0 bridgehead atoms. The molecule has 2 aromatic rings. The molecule has 1 saturated heterocycles. The number of aromatic hydroxyl groups is 1. The Hall–Kier alpha value is -1.75. The van der Waals surface area contributed by atoms with Gasteiger partial charge in [-0.25, -0.2) is 0 Å². The van der Waals surface area contributed by atoms with Gasteiger partial charge in [-0.2, -0.15) is 0 Å². The first kappa shape index (κ1) is 20.0. The smallest absolute Gasteiger partial charge is 0.123 e. The first-order chi connectivity index (χ1) is 13.0. The Morgan fingerprint density at radius 1 is 1.19 bits per heavy atom. The summed E-state index contributed by atoms with van der Waals surface area (Å²) in [6, 6.07) is 12.0. The zero-order valence-electron chi connectivity index (χ0n) is 16.3. The minimum Gasteiger partial charge on any atom is -0.508 e. The van der Waals surface area contributed by atoms with Crippen LogP contribution in [0.25, 0.3) is 0 Å². The maximum Gasteiger partial charge on any atom is 0.123 e. The summed E-state index contributed by atoms with van der Waals surface area (Å²) < 4.78 is 6.33. The fraction of sp³-hybridized carbons (Fsp3) is 0.455. The highest BCUT2D eigenvalue weighted by Crippen LogP contribution is 2.34. The topological polar surface area (TPSA) is 44.7 Å². The van der Waals surface area contributed by atoms with Crippen molar-refractivity contribution in [3.63, 3.8) is 0 Å². The molecule has 0 aromatic heterocycles. The Morgan fingerprint density at radius 3 is 2.59 bits per heavy atom. The highest BCUT2D eigenvalue weighted by molar-refractivity contribution is 6.30. The van der Waals surface area contributed by atoms with E-state index in [1.54, 1.807) is 0 Å². The molecule has 0 saturated carbocycles. The molecule has 3 rings (SSSR count). The molecule has 0 amide bonds. The SMILES string of the molecule is Cc1cc(OCC(c2cccc(Cl)c2)N2CCNCC2)c(C(C)C)cc1O. The van der Waals surface area contributed by atoms with Crippen molar-refractivity contribution in [3.05, 3.63) is 58.1 Å². The first-order valence-corrected chi connectivity index (χ1v) is 10.00. The lowest BCUT2D eigenvalue weighted by atomic mass is 9.99. The van der Waals surface area contributed by atoms with Gasteiger partial charge in [0.2, 0.25) is 0 Å². The van der Waals surface area contributed by atoms with Gasteiger partial charge in [0.25, 0.3) is 0 Å². The lowest BCUT2D eigenvalue weighted by Gasteiger charge is -2.35. The number of phenols is 1. The van der Waals surface area contributed by atoms with Gasteiger partial charge in [-0.15, -0.1) is 0 Å². The van der Waals surface area contributed by atoms with Crippen LogP contribution in [0.3, 0.4) is 0 Å². The number of rotatable bonds is 6. The number of phenolic OH excluding ortho intramolecular Hbond substituents is 1. The van der Waals surface area contributed by atoms with Gasteiger partial charge in [-0.3, -0.25) is 4.90 Å². The number of nitrogens with one attached hydrogen (secondary N) is 1. The summed E-state index contributed by atoms with van der Waals surface area (Å²) in [5.41, 5.74) is 3.03. The van der Waals surface area contributed by atoms with E-state index in [2.05, 4.69) is 30.1 Å². The third kappa shape index (κ3) is 4.95. The van der Waals surface area contributed by atoms with Crippen LogP contribution >= 0.6 is 11.6 Å². The molecule has 146 valence electrons. The number of hydrogen-bond acceptors (Lipinski definition) is 4.